The van der Waals surface area contributed by atoms with Gasteiger partial charge in [0.05, 0.1) is 11.7 Å². The number of aliphatic hydroxyl groups is 1. The highest BCUT2D eigenvalue weighted by Gasteiger charge is 2.51. The van der Waals surface area contributed by atoms with E-state index in [1.807, 2.05) is 18.2 Å². The van der Waals surface area contributed by atoms with Crippen molar-refractivity contribution in [1.82, 2.24) is 0 Å². The minimum atomic E-state index is -2.73. The first-order valence-electron chi connectivity index (χ1n) is 12.5. The Bertz CT molecular complexity index is 993. The van der Waals surface area contributed by atoms with Crippen molar-refractivity contribution in [1.29, 1.82) is 0 Å². The molecule has 0 radical (unpaired) electrons. The van der Waals surface area contributed by atoms with Crippen molar-refractivity contribution in [2.24, 2.45) is 0 Å². The van der Waals surface area contributed by atoms with E-state index in [1.165, 1.54) is 10.4 Å². The second kappa shape index (κ2) is 12.3. The Morgan fingerprint density at radius 3 is 1.80 bits per heavy atom. The highest BCUT2D eigenvalue weighted by atomic mass is 28.4. The second-order valence-electron chi connectivity index (χ2n) is 10.0. The van der Waals surface area contributed by atoms with E-state index in [2.05, 4.69) is 76.2 Å². The molecule has 0 bridgehead atoms. The Morgan fingerprint density at radius 1 is 0.857 bits per heavy atom. The summed E-state index contributed by atoms with van der Waals surface area (Å²) in [6.45, 7) is 8.82. The summed E-state index contributed by atoms with van der Waals surface area (Å²) in [5.41, 5.74) is 0.480. The van der Waals surface area contributed by atoms with Crippen LogP contribution < -0.4 is 10.4 Å². The summed E-state index contributed by atoms with van der Waals surface area (Å²) in [5.74, 6) is -0.426. The first-order chi connectivity index (χ1) is 16.8. The molecular formula is C30H38O4Si. The zero-order chi connectivity index (χ0) is 25.3. The van der Waals surface area contributed by atoms with Crippen LogP contribution in [-0.4, -0.2) is 38.2 Å². The molecule has 0 spiro atoms. The van der Waals surface area contributed by atoms with Crippen LogP contribution in [0.3, 0.4) is 0 Å². The molecule has 0 aliphatic rings. The predicted molar refractivity (Wildman–Crippen MR) is 145 cm³/mol. The van der Waals surface area contributed by atoms with Gasteiger partial charge in [-0.1, -0.05) is 113 Å². The number of carbonyl (C=O) groups is 1. The maximum absolute atomic E-state index is 12.3. The number of carbonyl (C=O) groups excluding carboxylic acids is 1. The molecule has 2 atom stereocenters. The molecule has 0 fully saturated rings. The number of benzene rings is 3. The molecule has 3 aromatic carbocycles. The summed E-state index contributed by atoms with van der Waals surface area (Å²) in [5, 5.41) is 13.1. The van der Waals surface area contributed by atoms with Gasteiger partial charge in [0.1, 0.15) is 6.61 Å². The molecular weight excluding hydrogens is 452 g/mol. The van der Waals surface area contributed by atoms with Crippen molar-refractivity contribution in [2.75, 3.05) is 6.61 Å². The van der Waals surface area contributed by atoms with Crippen molar-refractivity contribution in [2.45, 2.75) is 64.2 Å². The minimum Gasteiger partial charge on any atom is -0.459 e. The third-order valence-corrected chi connectivity index (χ3v) is 11.4. The van der Waals surface area contributed by atoms with Crippen LogP contribution in [0, 0.1) is 0 Å². The lowest BCUT2D eigenvalue weighted by Crippen LogP contribution is -2.67. The van der Waals surface area contributed by atoms with E-state index in [-0.39, 0.29) is 17.7 Å². The van der Waals surface area contributed by atoms with Gasteiger partial charge in [0.2, 0.25) is 0 Å². The van der Waals surface area contributed by atoms with Crippen LogP contribution in [0.2, 0.25) is 5.04 Å². The summed E-state index contributed by atoms with van der Waals surface area (Å²) in [4.78, 5) is 12.3. The summed E-state index contributed by atoms with van der Waals surface area (Å²) < 4.78 is 12.6. The molecule has 0 amide bonds. The topological polar surface area (TPSA) is 55.8 Å². The molecule has 4 nitrogen and oxygen atoms in total. The van der Waals surface area contributed by atoms with Crippen LogP contribution in [0.4, 0.5) is 0 Å². The molecule has 3 aromatic rings. The normalized spacial score (nSPS) is 13.7. The van der Waals surface area contributed by atoms with Gasteiger partial charge >= 0.3 is 5.97 Å². The lowest BCUT2D eigenvalue weighted by Gasteiger charge is -2.45. The molecule has 3 rings (SSSR count). The molecule has 0 saturated carbocycles. The molecule has 0 heterocycles. The van der Waals surface area contributed by atoms with Crippen LogP contribution >= 0.6 is 0 Å². The van der Waals surface area contributed by atoms with E-state index in [0.29, 0.717) is 12.0 Å². The Morgan fingerprint density at radius 2 is 1.34 bits per heavy atom. The van der Waals surface area contributed by atoms with E-state index in [1.54, 1.807) is 24.3 Å². The van der Waals surface area contributed by atoms with Crippen molar-refractivity contribution in [3.05, 3.63) is 96.6 Å². The fourth-order valence-electron chi connectivity index (χ4n) is 4.69. The molecule has 1 N–H and O–H groups in total. The van der Waals surface area contributed by atoms with Crippen molar-refractivity contribution in [3.8, 4) is 0 Å². The number of aliphatic hydroxyl groups excluding tert-OH is 1. The van der Waals surface area contributed by atoms with Crippen LogP contribution in [0.1, 0.15) is 57.3 Å². The summed E-state index contributed by atoms with van der Waals surface area (Å²) >= 11 is 0. The highest BCUT2D eigenvalue weighted by molar-refractivity contribution is 6.99. The molecule has 0 aromatic heterocycles. The van der Waals surface area contributed by atoms with Crippen LogP contribution in [0.25, 0.3) is 0 Å². The van der Waals surface area contributed by atoms with Gasteiger partial charge < -0.3 is 14.3 Å². The molecule has 35 heavy (non-hydrogen) atoms. The van der Waals surface area contributed by atoms with Gasteiger partial charge in [-0.2, -0.15) is 0 Å². The van der Waals surface area contributed by atoms with E-state index in [0.717, 1.165) is 12.8 Å². The quantitative estimate of drug-likeness (QED) is 0.291. The Hall–Kier alpha value is -2.73. The average Bonchev–Trinajstić information content (AvgIpc) is 2.86. The number of hydrogen-bond donors (Lipinski definition) is 1. The van der Waals surface area contributed by atoms with Gasteiger partial charge in [-0.25, -0.2) is 4.79 Å². The number of ether oxygens (including phenoxy) is 1. The first kappa shape index (κ1) is 26.9. The smallest absolute Gasteiger partial charge is 0.338 e. The van der Waals surface area contributed by atoms with Gasteiger partial charge in [0.15, 0.2) is 0 Å². The summed E-state index contributed by atoms with van der Waals surface area (Å²) in [6, 6.07) is 29.9. The van der Waals surface area contributed by atoms with Gasteiger partial charge in [-0.15, -0.1) is 0 Å². The lowest BCUT2D eigenvalue weighted by molar-refractivity contribution is 0.0104. The largest absolute Gasteiger partial charge is 0.459 e. The Kier molecular flexibility index (Phi) is 9.44. The van der Waals surface area contributed by atoms with E-state index in [4.69, 9.17) is 9.16 Å². The maximum atomic E-state index is 12.3. The zero-order valence-corrected chi connectivity index (χ0v) is 22.3. The number of rotatable bonds is 11. The minimum absolute atomic E-state index is 0.0575. The maximum Gasteiger partial charge on any atom is 0.338 e. The van der Waals surface area contributed by atoms with Crippen LogP contribution in [-0.2, 0) is 9.16 Å². The third-order valence-electron chi connectivity index (χ3n) is 6.32. The van der Waals surface area contributed by atoms with Gasteiger partial charge in [0.25, 0.3) is 8.32 Å². The lowest BCUT2D eigenvalue weighted by atomic mass is 10.1. The SMILES string of the molecule is CCC[C@@H](C[C@H](O)COC(=O)c1ccccc1)O[Si](c1ccccc1)(c1ccccc1)C(C)(C)C. The molecule has 0 saturated heterocycles. The monoisotopic (exact) mass is 490 g/mol. The number of esters is 1. The van der Waals surface area contributed by atoms with E-state index >= 15 is 0 Å². The zero-order valence-electron chi connectivity index (χ0n) is 21.3. The predicted octanol–water partition coefficient (Wildman–Crippen LogP) is 5.34. The number of hydrogen-bond acceptors (Lipinski definition) is 4. The van der Waals surface area contributed by atoms with Gasteiger partial charge in [-0.3, -0.25) is 0 Å². The van der Waals surface area contributed by atoms with E-state index < -0.39 is 20.4 Å². The molecule has 0 unspecified atom stereocenters. The Balaban J connectivity index is 1.85. The van der Waals surface area contributed by atoms with Crippen molar-refractivity contribution in [3.63, 3.8) is 0 Å². The molecule has 5 heteroatoms. The van der Waals surface area contributed by atoms with Crippen LogP contribution in [0.15, 0.2) is 91.0 Å². The summed E-state index contributed by atoms with van der Waals surface area (Å²) in [6.07, 6.45) is 1.17. The van der Waals surface area contributed by atoms with E-state index in [9.17, 15) is 9.90 Å². The highest BCUT2D eigenvalue weighted by Crippen LogP contribution is 2.38. The van der Waals surface area contributed by atoms with Crippen LogP contribution in [0.5, 0.6) is 0 Å². The van der Waals surface area contributed by atoms with Crippen molar-refractivity contribution < 1.29 is 19.1 Å². The van der Waals surface area contributed by atoms with Crippen molar-refractivity contribution >= 4 is 24.7 Å². The Labute approximate surface area is 211 Å². The second-order valence-corrected chi connectivity index (χ2v) is 14.3. The van der Waals surface area contributed by atoms with Gasteiger partial charge in [-0.05, 0) is 34.0 Å². The fourth-order valence-corrected chi connectivity index (χ4v) is 9.42. The third kappa shape index (κ3) is 6.69. The summed E-state index contributed by atoms with van der Waals surface area (Å²) in [7, 11) is -2.73. The average molecular weight is 491 g/mol. The molecule has 0 aliphatic carbocycles. The molecule has 186 valence electrons. The molecule has 0 aliphatic heterocycles. The van der Waals surface area contributed by atoms with Gasteiger partial charge in [0, 0.05) is 12.5 Å². The standard InChI is InChI=1S/C30H38O4Si/c1-5-15-26(22-25(31)23-33-29(32)24-16-9-6-10-17-24)34-35(30(2,3)4,27-18-11-7-12-19-27)28-20-13-8-14-21-28/h6-14,16-21,25-26,31H,5,15,22-23H2,1-4H3/t25-,26-/m0/s1. The fraction of sp³-hybridized carbons (Fsp3) is 0.367. The first-order valence-corrected chi connectivity index (χ1v) is 14.4.